The van der Waals surface area contributed by atoms with Gasteiger partial charge in [-0.25, -0.2) is 5.43 Å². The van der Waals surface area contributed by atoms with Crippen molar-refractivity contribution in [3.8, 4) is 0 Å². The van der Waals surface area contributed by atoms with Crippen LogP contribution in [0.2, 0.25) is 10.0 Å². The number of carbonyl (C=O) groups excluding carboxylic acids is 2. The van der Waals surface area contributed by atoms with Crippen LogP contribution in [0.3, 0.4) is 0 Å². The normalized spacial score (nSPS) is 10.5. The molecule has 8 nitrogen and oxygen atoms in total. The standard InChI is InChI=1S/C16H12Cl2N4O4/c17-13-6-3-11(7-14(13)18)20-15(23)8-16(24)21-19-9-10-1-4-12(5-2-10)22(25)26/h1-7,9H,8H2,(H,20,23)(H,21,24)/b19-9-. The van der Waals surface area contributed by atoms with Crippen molar-refractivity contribution in [2.75, 3.05) is 5.32 Å². The minimum Gasteiger partial charge on any atom is -0.326 e. The third-order valence-corrected chi connectivity index (χ3v) is 3.77. The summed E-state index contributed by atoms with van der Waals surface area (Å²) in [6.45, 7) is 0. The Kier molecular flexibility index (Phi) is 6.65. The average molecular weight is 395 g/mol. The highest BCUT2D eigenvalue weighted by Crippen LogP contribution is 2.25. The number of hydrazone groups is 1. The lowest BCUT2D eigenvalue weighted by Gasteiger charge is -2.05. The lowest BCUT2D eigenvalue weighted by Crippen LogP contribution is -2.24. The lowest BCUT2D eigenvalue weighted by molar-refractivity contribution is -0.384. The smallest absolute Gasteiger partial charge is 0.269 e. The van der Waals surface area contributed by atoms with Gasteiger partial charge in [0.05, 0.1) is 21.2 Å². The van der Waals surface area contributed by atoms with Gasteiger partial charge in [0.25, 0.3) is 5.69 Å². The number of non-ortho nitro benzene ring substituents is 1. The van der Waals surface area contributed by atoms with E-state index >= 15 is 0 Å². The number of rotatable bonds is 6. The number of nitro groups is 1. The molecule has 2 rings (SSSR count). The van der Waals surface area contributed by atoms with Crippen LogP contribution < -0.4 is 10.7 Å². The Morgan fingerprint density at radius 2 is 1.77 bits per heavy atom. The summed E-state index contributed by atoms with van der Waals surface area (Å²) in [6, 6.07) is 10.1. The zero-order valence-electron chi connectivity index (χ0n) is 13.1. The first-order valence-corrected chi connectivity index (χ1v) is 7.92. The van der Waals surface area contributed by atoms with Crippen LogP contribution in [0.25, 0.3) is 0 Å². The highest BCUT2D eigenvalue weighted by Gasteiger charge is 2.10. The first-order valence-electron chi connectivity index (χ1n) is 7.16. The van der Waals surface area contributed by atoms with Gasteiger partial charge in [0.15, 0.2) is 0 Å². The average Bonchev–Trinajstić information content (AvgIpc) is 2.58. The fourth-order valence-electron chi connectivity index (χ4n) is 1.83. The number of nitrogens with one attached hydrogen (secondary N) is 2. The van der Waals surface area contributed by atoms with Crippen molar-refractivity contribution < 1.29 is 14.5 Å². The summed E-state index contributed by atoms with van der Waals surface area (Å²) < 4.78 is 0. The Morgan fingerprint density at radius 1 is 1.08 bits per heavy atom. The monoisotopic (exact) mass is 394 g/mol. The molecule has 0 heterocycles. The maximum absolute atomic E-state index is 11.8. The van der Waals surface area contributed by atoms with Gasteiger partial charge in [-0.05, 0) is 35.9 Å². The van der Waals surface area contributed by atoms with E-state index in [4.69, 9.17) is 23.2 Å². The van der Waals surface area contributed by atoms with E-state index in [-0.39, 0.29) is 10.7 Å². The van der Waals surface area contributed by atoms with Gasteiger partial charge in [-0.2, -0.15) is 5.10 Å². The van der Waals surface area contributed by atoms with Gasteiger partial charge < -0.3 is 5.32 Å². The third-order valence-electron chi connectivity index (χ3n) is 3.03. The van der Waals surface area contributed by atoms with Gasteiger partial charge in [-0.15, -0.1) is 0 Å². The van der Waals surface area contributed by atoms with Gasteiger partial charge in [-0.3, -0.25) is 19.7 Å². The van der Waals surface area contributed by atoms with E-state index in [1.165, 1.54) is 42.6 Å². The summed E-state index contributed by atoms with van der Waals surface area (Å²) in [5.74, 6) is -1.17. The van der Waals surface area contributed by atoms with Crippen molar-refractivity contribution in [1.82, 2.24) is 5.43 Å². The van der Waals surface area contributed by atoms with Crippen molar-refractivity contribution >= 4 is 52.6 Å². The topological polar surface area (TPSA) is 114 Å². The molecule has 2 aromatic carbocycles. The Balaban J connectivity index is 1.82. The van der Waals surface area contributed by atoms with Crippen molar-refractivity contribution in [3.05, 3.63) is 68.2 Å². The molecule has 0 atom stereocenters. The number of carbonyl (C=O) groups is 2. The number of nitro benzene ring substituents is 1. The number of anilines is 1. The SMILES string of the molecule is O=C(CC(=O)Nc1ccc(Cl)c(Cl)c1)N/N=C\c1ccc([N+](=O)[O-])cc1. The number of benzene rings is 2. The molecule has 134 valence electrons. The largest absolute Gasteiger partial charge is 0.326 e. The summed E-state index contributed by atoms with van der Waals surface area (Å²) in [7, 11) is 0. The van der Waals surface area contributed by atoms with Crippen LogP contribution in [-0.4, -0.2) is 23.0 Å². The molecule has 0 saturated carbocycles. The second-order valence-electron chi connectivity index (χ2n) is 5.00. The summed E-state index contributed by atoms with van der Waals surface area (Å²) in [5, 5.41) is 17.4. The van der Waals surface area contributed by atoms with E-state index in [0.29, 0.717) is 16.3 Å². The summed E-state index contributed by atoms with van der Waals surface area (Å²) in [5.41, 5.74) is 3.10. The molecule has 10 heteroatoms. The van der Waals surface area contributed by atoms with E-state index in [2.05, 4.69) is 15.8 Å². The Hall–Kier alpha value is -2.97. The van der Waals surface area contributed by atoms with Crippen molar-refractivity contribution in [2.24, 2.45) is 5.10 Å². The first-order chi connectivity index (χ1) is 12.3. The van der Waals surface area contributed by atoms with E-state index in [0.717, 1.165) is 0 Å². The Labute approximate surface area is 157 Å². The van der Waals surface area contributed by atoms with Crippen LogP contribution in [0.1, 0.15) is 12.0 Å². The van der Waals surface area contributed by atoms with Gasteiger partial charge in [0, 0.05) is 17.8 Å². The zero-order valence-corrected chi connectivity index (χ0v) is 14.6. The van der Waals surface area contributed by atoms with Gasteiger partial charge in [0.1, 0.15) is 6.42 Å². The molecule has 2 aromatic rings. The predicted molar refractivity (Wildman–Crippen MR) is 98.5 cm³/mol. The van der Waals surface area contributed by atoms with Crippen molar-refractivity contribution in [2.45, 2.75) is 6.42 Å². The summed E-state index contributed by atoms with van der Waals surface area (Å²) in [4.78, 5) is 33.5. The van der Waals surface area contributed by atoms with Crippen LogP contribution in [0.4, 0.5) is 11.4 Å². The number of amides is 2. The zero-order chi connectivity index (χ0) is 19.1. The van der Waals surface area contributed by atoms with Crippen LogP contribution in [0.5, 0.6) is 0 Å². The highest BCUT2D eigenvalue weighted by molar-refractivity contribution is 6.42. The predicted octanol–water partition coefficient (Wildman–Crippen LogP) is 3.38. The minimum atomic E-state index is -0.624. The molecule has 0 aliphatic rings. The molecule has 0 aromatic heterocycles. The number of hydrogen-bond acceptors (Lipinski definition) is 5. The first kappa shape index (κ1) is 19.4. The molecule has 2 N–H and O–H groups in total. The summed E-state index contributed by atoms with van der Waals surface area (Å²) in [6.07, 6.45) is 0.857. The number of hydrogen-bond donors (Lipinski definition) is 2. The Morgan fingerprint density at radius 3 is 2.38 bits per heavy atom. The molecule has 0 spiro atoms. The second kappa shape index (κ2) is 8.93. The molecule has 0 bridgehead atoms. The Bertz CT molecular complexity index is 869. The third kappa shape index (κ3) is 5.83. The number of halogens is 2. The van der Waals surface area contributed by atoms with Crippen LogP contribution in [-0.2, 0) is 9.59 Å². The molecule has 0 radical (unpaired) electrons. The molecule has 0 aliphatic carbocycles. The molecular weight excluding hydrogens is 383 g/mol. The quantitative estimate of drug-likeness (QED) is 0.338. The molecular formula is C16H12Cl2N4O4. The highest BCUT2D eigenvalue weighted by atomic mass is 35.5. The fraction of sp³-hybridized carbons (Fsp3) is 0.0625. The van der Waals surface area contributed by atoms with Crippen molar-refractivity contribution in [3.63, 3.8) is 0 Å². The van der Waals surface area contributed by atoms with Crippen LogP contribution >= 0.6 is 23.2 Å². The molecule has 26 heavy (non-hydrogen) atoms. The molecule has 2 amide bonds. The van der Waals surface area contributed by atoms with Crippen LogP contribution in [0, 0.1) is 10.1 Å². The van der Waals surface area contributed by atoms with Crippen LogP contribution in [0.15, 0.2) is 47.6 Å². The number of nitrogens with zero attached hydrogens (tertiary/aromatic N) is 2. The van der Waals surface area contributed by atoms with Gasteiger partial charge in [-0.1, -0.05) is 23.2 Å². The van der Waals surface area contributed by atoms with E-state index < -0.39 is 23.2 Å². The van der Waals surface area contributed by atoms with E-state index in [1.54, 1.807) is 6.07 Å². The van der Waals surface area contributed by atoms with Gasteiger partial charge >= 0.3 is 0 Å². The molecule has 0 aliphatic heterocycles. The maximum atomic E-state index is 11.8. The van der Waals surface area contributed by atoms with Gasteiger partial charge in [0.2, 0.25) is 11.8 Å². The van der Waals surface area contributed by atoms with E-state index in [9.17, 15) is 19.7 Å². The minimum absolute atomic E-state index is 0.0508. The van der Waals surface area contributed by atoms with E-state index in [1.807, 2.05) is 0 Å². The lowest BCUT2D eigenvalue weighted by atomic mass is 10.2. The molecule has 0 unspecified atom stereocenters. The maximum Gasteiger partial charge on any atom is 0.269 e. The van der Waals surface area contributed by atoms with Crippen molar-refractivity contribution in [1.29, 1.82) is 0 Å². The molecule has 0 fully saturated rings. The molecule has 0 saturated heterocycles. The second-order valence-corrected chi connectivity index (χ2v) is 5.81. The fourth-order valence-corrected chi connectivity index (χ4v) is 2.12. The summed E-state index contributed by atoms with van der Waals surface area (Å²) >= 11 is 11.6.